The molecule has 0 amide bonds. The lowest BCUT2D eigenvalue weighted by molar-refractivity contribution is 0.618. The largest absolute Gasteiger partial charge is 0.267 e. The smallest absolute Gasteiger partial charge is 0.0769 e. The Kier molecular flexibility index (Phi) is 1.12. The van der Waals surface area contributed by atoms with E-state index in [0.717, 1.165) is 17.4 Å². The van der Waals surface area contributed by atoms with Crippen LogP contribution in [-0.2, 0) is 9.25 Å². The van der Waals surface area contributed by atoms with Crippen molar-refractivity contribution >= 4 is 9.25 Å². The number of rotatable bonds is 0. The van der Waals surface area contributed by atoms with E-state index in [1.807, 2.05) is 7.05 Å². The average molecular weight is 161 g/mol. The van der Waals surface area contributed by atoms with Crippen LogP contribution in [-0.4, -0.2) is 32.9 Å². The summed E-state index contributed by atoms with van der Waals surface area (Å²) in [7, 11) is -0.0838. The van der Waals surface area contributed by atoms with Crippen LogP contribution >= 0.6 is 0 Å². The van der Waals surface area contributed by atoms with E-state index in [1.165, 1.54) is 19.3 Å². The van der Waals surface area contributed by atoms with E-state index in [2.05, 4.69) is 4.31 Å². The molecule has 0 aliphatic carbocycles. The van der Waals surface area contributed by atoms with Gasteiger partial charge in [0.2, 0.25) is 0 Å². The Bertz CT molecular complexity index is 214. The molecule has 10 heavy (non-hydrogen) atoms. The van der Waals surface area contributed by atoms with Gasteiger partial charge >= 0.3 is 0 Å². The van der Waals surface area contributed by atoms with Gasteiger partial charge in [0.1, 0.15) is 0 Å². The van der Waals surface area contributed by atoms with Gasteiger partial charge in [-0.15, -0.1) is 0 Å². The third-order valence-corrected chi connectivity index (χ3v) is 7.72. The van der Waals surface area contributed by atoms with Crippen molar-refractivity contribution in [3.63, 3.8) is 0 Å². The van der Waals surface area contributed by atoms with E-state index >= 15 is 0 Å². The predicted octanol–water partition coefficient (Wildman–Crippen LogP) is 0.808. The summed E-state index contributed by atoms with van der Waals surface area (Å²) in [5, 5.41) is 0. The van der Waals surface area contributed by atoms with Gasteiger partial charge in [-0.2, -0.15) is 0 Å². The first-order valence-corrected chi connectivity index (χ1v) is 6.41. The van der Waals surface area contributed by atoms with Gasteiger partial charge in [-0.05, 0) is 29.1 Å². The average Bonchev–Trinajstić information content (AvgIpc) is 2.37. The fourth-order valence-corrected chi connectivity index (χ4v) is 6.13. The second-order valence-electron chi connectivity index (χ2n) is 3.65. The van der Waals surface area contributed by atoms with Crippen LogP contribution in [0.3, 0.4) is 0 Å². The van der Waals surface area contributed by atoms with E-state index < -0.39 is 9.25 Å². The van der Waals surface area contributed by atoms with Crippen molar-refractivity contribution < 1.29 is 4.21 Å². The van der Waals surface area contributed by atoms with Crippen molar-refractivity contribution in [2.24, 2.45) is 0 Å². The lowest BCUT2D eigenvalue weighted by Gasteiger charge is -2.28. The first-order valence-electron chi connectivity index (χ1n) is 3.98. The summed E-state index contributed by atoms with van der Waals surface area (Å²) < 4.78 is 14.3. The monoisotopic (exact) mass is 161 g/mol. The normalized spacial score (nSPS) is 45.7. The summed E-state index contributed by atoms with van der Waals surface area (Å²) >= 11 is 0. The first-order chi connectivity index (χ1) is 4.64. The lowest BCUT2D eigenvalue weighted by atomic mass is 10.3. The van der Waals surface area contributed by atoms with Crippen molar-refractivity contribution in [2.75, 3.05) is 24.4 Å². The summed E-state index contributed by atoms with van der Waals surface area (Å²) in [6.45, 7) is 0. The maximum Gasteiger partial charge on any atom is 0.0769 e. The molecule has 0 aromatic rings. The Morgan fingerprint density at radius 1 is 1.20 bits per heavy atom. The Morgan fingerprint density at radius 2 is 1.70 bits per heavy atom. The molecule has 0 radical (unpaired) electrons. The Labute approximate surface area is 62.1 Å². The van der Waals surface area contributed by atoms with Crippen molar-refractivity contribution in [3.8, 4) is 0 Å². The molecular formula is C7H15NOS. The third kappa shape index (κ3) is 0.705. The molecule has 0 aromatic heterocycles. The van der Waals surface area contributed by atoms with E-state index in [-0.39, 0.29) is 0 Å². The number of nitrogens with zero attached hydrogens (tertiary/aromatic N) is 1. The molecule has 1 atom stereocenters. The van der Waals surface area contributed by atoms with E-state index in [1.54, 1.807) is 0 Å². The van der Waals surface area contributed by atoms with E-state index in [4.69, 9.17) is 0 Å². The molecule has 60 valence electrons. The minimum absolute atomic E-state index is 0.900. The molecule has 0 saturated carbocycles. The van der Waals surface area contributed by atoms with Crippen LogP contribution in [0.1, 0.15) is 19.3 Å². The summed E-state index contributed by atoms with van der Waals surface area (Å²) in [6, 6.07) is 0. The Morgan fingerprint density at radius 3 is 2.00 bits per heavy atom. The van der Waals surface area contributed by atoms with Gasteiger partial charge in [0.15, 0.2) is 0 Å². The molecule has 2 aliphatic heterocycles. The van der Waals surface area contributed by atoms with Gasteiger partial charge in [-0.1, -0.05) is 6.42 Å². The van der Waals surface area contributed by atoms with Gasteiger partial charge in [-0.3, -0.25) is 4.21 Å². The molecule has 0 aromatic carbocycles. The van der Waals surface area contributed by atoms with Gasteiger partial charge in [0.25, 0.3) is 0 Å². The van der Waals surface area contributed by atoms with Crippen LogP contribution in [0.5, 0.6) is 0 Å². The van der Waals surface area contributed by atoms with Gasteiger partial charge < -0.3 is 0 Å². The van der Waals surface area contributed by atoms with Crippen LogP contribution in [0.4, 0.5) is 0 Å². The summed E-state index contributed by atoms with van der Waals surface area (Å²) in [4.78, 5) is 0. The zero-order valence-electron chi connectivity index (χ0n) is 6.51. The van der Waals surface area contributed by atoms with Crippen molar-refractivity contribution in [1.82, 2.24) is 4.31 Å². The van der Waals surface area contributed by atoms with E-state index in [0.29, 0.717) is 0 Å². The van der Waals surface area contributed by atoms with Crippen LogP contribution < -0.4 is 0 Å². The van der Waals surface area contributed by atoms with Crippen LogP contribution in [0.15, 0.2) is 0 Å². The number of hydrogen-bond donors (Lipinski definition) is 0. The van der Waals surface area contributed by atoms with Crippen LogP contribution in [0, 0.1) is 0 Å². The highest BCUT2D eigenvalue weighted by atomic mass is 32.3. The maximum atomic E-state index is 12.2. The second kappa shape index (κ2) is 1.64. The highest BCUT2D eigenvalue weighted by Crippen LogP contribution is 2.48. The molecule has 2 nitrogen and oxygen atoms in total. The fourth-order valence-electron chi connectivity index (χ4n) is 1.97. The zero-order chi connectivity index (χ0) is 7.27. The predicted molar refractivity (Wildman–Crippen MR) is 44.4 cm³/mol. The first kappa shape index (κ1) is 6.80. The SMILES string of the molecule is CN1CS12(=O)CCCCC2. The quantitative estimate of drug-likeness (QED) is 0.481. The van der Waals surface area contributed by atoms with Crippen molar-refractivity contribution in [2.45, 2.75) is 19.3 Å². The molecular weight excluding hydrogens is 146 g/mol. The Hall–Kier alpha value is 0.110. The van der Waals surface area contributed by atoms with Crippen LogP contribution in [0.25, 0.3) is 0 Å². The van der Waals surface area contributed by atoms with E-state index in [9.17, 15) is 4.21 Å². The van der Waals surface area contributed by atoms with Crippen molar-refractivity contribution in [3.05, 3.63) is 0 Å². The van der Waals surface area contributed by atoms with Gasteiger partial charge in [-0.25, -0.2) is 4.31 Å². The standard InChI is InChI=1S/C7H15NOS/c1-8-7-10(8,9)5-3-2-4-6-10/h2-7H2,1H3. The minimum atomic E-state index is -2.08. The summed E-state index contributed by atoms with van der Waals surface area (Å²) in [5.41, 5.74) is 0. The highest BCUT2D eigenvalue weighted by molar-refractivity contribution is 8.23. The third-order valence-electron chi connectivity index (χ3n) is 2.91. The Balaban J connectivity index is 2.22. The summed E-state index contributed by atoms with van der Waals surface area (Å²) in [6.07, 6.45) is 3.67. The minimum Gasteiger partial charge on any atom is -0.267 e. The highest BCUT2D eigenvalue weighted by Gasteiger charge is 2.55. The number of hydrogen-bond acceptors (Lipinski definition) is 1. The molecule has 3 heteroatoms. The van der Waals surface area contributed by atoms with Gasteiger partial charge in [0.05, 0.1) is 5.88 Å². The second-order valence-corrected chi connectivity index (χ2v) is 8.21. The molecule has 1 unspecified atom stereocenters. The topological polar surface area (TPSA) is 20.1 Å². The molecule has 2 rings (SSSR count). The summed E-state index contributed by atoms with van der Waals surface area (Å²) in [5.74, 6) is 2.89. The maximum absolute atomic E-state index is 12.2. The van der Waals surface area contributed by atoms with Crippen LogP contribution in [0.2, 0.25) is 0 Å². The fraction of sp³-hybridized carbons (Fsp3) is 1.00. The molecule has 2 fully saturated rings. The molecule has 0 N–H and O–H groups in total. The van der Waals surface area contributed by atoms with Gasteiger partial charge in [0, 0.05) is 11.5 Å². The molecule has 2 saturated heterocycles. The molecule has 2 heterocycles. The van der Waals surface area contributed by atoms with Crippen molar-refractivity contribution in [1.29, 1.82) is 0 Å². The zero-order valence-corrected chi connectivity index (χ0v) is 7.32. The lowest BCUT2D eigenvalue weighted by Crippen LogP contribution is -2.32. The molecule has 0 bridgehead atoms. The molecule has 1 spiro atoms. The molecule has 2 aliphatic rings.